The number of aromatic nitrogens is 1. The maximum atomic E-state index is 12.6. The molecule has 5 nitrogen and oxygen atoms in total. The summed E-state index contributed by atoms with van der Waals surface area (Å²) in [5.74, 6) is 0.0380. The van der Waals surface area contributed by atoms with Crippen LogP contribution in [0, 0.1) is 0 Å². The van der Waals surface area contributed by atoms with Gasteiger partial charge >= 0.3 is 0 Å². The minimum Gasteiger partial charge on any atom is -0.495 e. The van der Waals surface area contributed by atoms with Crippen molar-refractivity contribution < 1.29 is 9.53 Å². The highest BCUT2D eigenvalue weighted by atomic mass is 35.5. The predicted molar refractivity (Wildman–Crippen MR) is 137 cm³/mol. The Morgan fingerprint density at radius 1 is 1.06 bits per heavy atom. The smallest absolute Gasteiger partial charge is 0.257 e. The van der Waals surface area contributed by atoms with E-state index in [1.54, 1.807) is 24.3 Å². The number of benzene rings is 3. The first-order valence-electron chi connectivity index (χ1n) is 9.16. The van der Waals surface area contributed by atoms with Crippen LogP contribution in [0.2, 0.25) is 15.1 Å². The second-order valence-electron chi connectivity index (χ2n) is 6.55. The van der Waals surface area contributed by atoms with Crippen molar-refractivity contribution in [3.8, 4) is 16.3 Å². The van der Waals surface area contributed by atoms with E-state index < -0.39 is 5.91 Å². The number of carbonyl (C=O) groups excluding carboxylic acids is 1. The highest BCUT2D eigenvalue weighted by Crippen LogP contribution is 2.40. The van der Waals surface area contributed by atoms with Gasteiger partial charge in [0.1, 0.15) is 10.8 Å². The number of carbonyl (C=O) groups is 1. The molecule has 0 saturated heterocycles. The van der Waals surface area contributed by atoms with Gasteiger partial charge in [-0.3, -0.25) is 10.1 Å². The number of hydrogen-bond donors (Lipinski definition) is 2. The number of hydrogen-bond acceptors (Lipinski definition) is 5. The number of nitrogens with one attached hydrogen (secondary N) is 2. The number of fused-ring (bicyclic) bond motifs is 1. The van der Waals surface area contributed by atoms with Gasteiger partial charge in [-0.15, -0.1) is 11.3 Å². The van der Waals surface area contributed by atoms with Crippen LogP contribution >= 0.6 is 58.4 Å². The molecule has 0 aliphatic rings. The zero-order valence-electron chi connectivity index (χ0n) is 16.4. The van der Waals surface area contributed by atoms with Gasteiger partial charge in [-0.25, -0.2) is 4.98 Å². The molecule has 4 aromatic rings. The fourth-order valence-corrected chi connectivity index (χ4v) is 4.97. The fraction of sp³-hybridized carbons (Fsp3) is 0.0455. The molecule has 0 bridgehead atoms. The van der Waals surface area contributed by atoms with Crippen LogP contribution in [0.5, 0.6) is 5.75 Å². The predicted octanol–water partition coefficient (Wildman–Crippen LogP) is 7.06. The third kappa shape index (κ3) is 4.82. The molecule has 2 N–H and O–H groups in total. The van der Waals surface area contributed by atoms with Crippen molar-refractivity contribution in [2.45, 2.75) is 0 Å². The molecule has 0 unspecified atom stereocenters. The van der Waals surface area contributed by atoms with Gasteiger partial charge < -0.3 is 10.1 Å². The molecule has 1 amide bonds. The van der Waals surface area contributed by atoms with Gasteiger partial charge in [-0.05, 0) is 54.7 Å². The molecule has 0 aliphatic carbocycles. The Hall–Kier alpha value is -2.42. The topological polar surface area (TPSA) is 63.2 Å². The lowest BCUT2D eigenvalue weighted by atomic mass is 10.2. The van der Waals surface area contributed by atoms with E-state index in [-0.39, 0.29) is 5.11 Å². The lowest BCUT2D eigenvalue weighted by Gasteiger charge is -2.15. The maximum absolute atomic E-state index is 12.6. The molecule has 0 saturated carbocycles. The second-order valence-corrected chi connectivity index (χ2v) is 9.24. The third-order valence-electron chi connectivity index (χ3n) is 4.46. The van der Waals surface area contributed by atoms with Crippen LogP contribution in [0.1, 0.15) is 10.4 Å². The van der Waals surface area contributed by atoms with Crippen LogP contribution in [0.3, 0.4) is 0 Å². The van der Waals surface area contributed by atoms with Crippen LogP contribution < -0.4 is 15.4 Å². The number of amides is 1. The van der Waals surface area contributed by atoms with Gasteiger partial charge in [0, 0.05) is 16.1 Å². The molecule has 1 aromatic heterocycles. The van der Waals surface area contributed by atoms with Gasteiger partial charge in [0.15, 0.2) is 5.11 Å². The van der Waals surface area contributed by atoms with Crippen molar-refractivity contribution >= 4 is 85.3 Å². The summed E-state index contributed by atoms with van der Waals surface area (Å²) >= 11 is 25.7. The molecule has 32 heavy (non-hydrogen) atoms. The highest BCUT2D eigenvalue weighted by molar-refractivity contribution is 7.80. The minimum absolute atomic E-state index is 0.0634. The Morgan fingerprint density at radius 2 is 1.84 bits per heavy atom. The summed E-state index contributed by atoms with van der Waals surface area (Å²) in [5.41, 5.74) is 2.36. The summed E-state index contributed by atoms with van der Waals surface area (Å²) in [7, 11) is 1.50. The van der Waals surface area contributed by atoms with E-state index in [9.17, 15) is 4.79 Å². The number of ether oxygens (including phenoxy) is 1. The van der Waals surface area contributed by atoms with E-state index in [0.717, 1.165) is 10.2 Å². The van der Waals surface area contributed by atoms with Gasteiger partial charge in [0.2, 0.25) is 0 Å². The van der Waals surface area contributed by atoms with Crippen molar-refractivity contribution in [2.75, 3.05) is 12.4 Å². The van der Waals surface area contributed by atoms with E-state index in [4.69, 9.17) is 51.8 Å². The average molecular weight is 523 g/mol. The normalized spacial score (nSPS) is 10.8. The zero-order valence-corrected chi connectivity index (χ0v) is 20.3. The number of thiocarbonyl (C=S) groups is 1. The molecule has 1 heterocycles. The number of rotatable bonds is 4. The summed E-state index contributed by atoms with van der Waals surface area (Å²) in [5, 5.41) is 7.53. The van der Waals surface area contributed by atoms with E-state index in [2.05, 4.69) is 15.6 Å². The quantitative estimate of drug-likeness (QED) is 0.281. The van der Waals surface area contributed by atoms with Crippen LogP contribution in [-0.4, -0.2) is 23.1 Å². The molecular weight excluding hydrogens is 509 g/mol. The monoisotopic (exact) mass is 521 g/mol. The summed E-state index contributed by atoms with van der Waals surface area (Å²) in [6.07, 6.45) is 0. The zero-order chi connectivity index (χ0) is 22.8. The first-order valence-corrected chi connectivity index (χ1v) is 11.5. The third-order valence-corrected chi connectivity index (χ3v) is 6.54. The van der Waals surface area contributed by atoms with Gasteiger partial charge in [-0.2, -0.15) is 0 Å². The van der Waals surface area contributed by atoms with E-state index >= 15 is 0 Å². The molecule has 3 aromatic carbocycles. The molecule has 4 rings (SSSR count). The van der Waals surface area contributed by atoms with E-state index in [1.165, 1.54) is 24.5 Å². The molecule has 0 fully saturated rings. The van der Waals surface area contributed by atoms with Crippen LogP contribution in [0.4, 0.5) is 5.69 Å². The standard InChI is InChI=1S/C22H14Cl3N3O2S2/c1-30-17-7-6-11(8-14(17)24)20(29)28-22(31)27-19-13(9-12(23)10-15(19)25)21-26-16-4-2-3-5-18(16)32-21/h2-10H,1H3,(H2,27,28,29,31). The van der Waals surface area contributed by atoms with Crippen molar-refractivity contribution in [1.29, 1.82) is 0 Å². The number of methoxy groups -OCH3 is 1. The molecule has 10 heteroatoms. The summed E-state index contributed by atoms with van der Waals surface area (Å²) in [4.78, 5) is 17.3. The lowest BCUT2D eigenvalue weighted by Crippen LogP contribution is -2.34. The van der Waals surface area contributed by atoms with Crippen molar-refractivity contribution in [3.63, 3.8) is 0 Å². The summed E-state index contributed by atoms with van der Waals surface area (Å²) < 4.78 is 6.13. The molecule has 0 radical (unpaired) electrons. The minimum atomic E-state index is -0.432. The summed E-state index contributed by atoms with van der Waals surface area (Å²) in [6, 6.07) is 15.8. The Kier molecular flexibility index (Phi) is 6.83. The number of nitrogens with zero attached hydrogens (tertiary/aromatic N) is 1. The number of halogens is 3. The molecule has 0 spiro atoms. The van der Waals surface area contributed by atoms with Gasteiger partial charge in [0.05, 0.1) is 33.1 Å². The Morgan fingerprint density at radius 3 is 2.56 bits per heavy atom. The maximum Gasteiger partial charge on any atom is 0.257 e. The van der Waals surface area contributed by atoms with E-state index in [0.29, 0.717) is 42.6 Å². The van der Waals surface area contributed by atoms with Gasteiger partial charge in [-0.1, -0.05) is 46.9 Å². The lowest BCUT2D eigenvalue weighted by molar-refractivity contribution is 0.0977. The van der Waals surface area contributed by atoms with Crippen molar-refractivity contribution in [3.05, 3.63) is 75.2 Å². The average Bonchev–Trinajstić information content (AvgIpc) is 3.19. The number of anilines is 1. The highest BCUT2D eigenvalue weighted by Gasteiger charge is 2.18. The van der Waals surface area contributed by atoms with Crippen LogP contribution in [0.15, 0.2) is 54.6 Å². The van der Waals surface area contributed by atoms with Crippen LogP contribution in [0.25, 0.3) is 20.8 Å². The molecule has 162 valence electrons. The van der Waals surface area contributed by atoms with Crippen molar-refractivity contribution in [2.24, 2.45) is 0 Å². The largest absolute Gasteiger partial charge is 0.495 e. The number of para-hydroxylation sites is 1. The van der Waals surface area contributed by atoms with Crippen molar-refractivity contribution in [1.82, 2.24) is 10.3 Å². The fourth-order valence-electron chi connectivity index (χ4n) is 2.98. The molecule has 0 atom stereocenters. The molecule has 0 aliphatic heterocycles. The first kappa shape index (κ1) is 22.8. The van der Waals surface area contributed by atoms with E-state index in [1.807, 2.05) is 24.3 Å². The summed E-state index contributed by atoms with van der Waals surface area (Å²) in [6.45, 7) is 0. The Bertz CT molecular complexity index is 1320. The number of thiazole rings is 1. The first-order chi connectivity index (χ1) is 15.4. The Balaban J connectivity index is 1.60. The van der Waals surface area contributed by atoms with Gasteiger partial charge in [0.25, 0.3) is 5.91 Å². The van der Waals surface area contributed by atoms with Crippen LogP contribution in [-0.2, 0) is 0 Å². The second kappa shape index (κ2) is 9.60. The SMILES string of the molecule is COc1ccc(C(=O)NC(=S)Nc2c(Cl)cc(Cl)cc2-c2nc3ccccc3s2)cc1Cl. The molecular formula is C22H14Cl3N3O2S2. The Labute approximate surface area is 208 Å².